The van der Waals surface area contributed by atoms with Crippen molar-refractivity contribution in [1.29, 1.82) is 0 Å². The summed E-state index contributed by atoms with van der Waals surface area (Å²) in [6, 6.07) is 12.1. The monoisotopic (exact) mass is 1030 g/mol. The molecule has 4 aliphatic rings. The minimum Gasteiger partial charge on any atom is -0.872 e. The molecule has 4 heterocycles. The molecule has 0 aromatic heterocycles. The molecule has 0 saturated carbocycles. The maximum atomic E-state index is 14.8. The van der Waals surface area contributed by atoms with Crippen LogP contribution < -0.4 is 169 Å². The van der Waals surface area contributed by atoms with Crippen LogP contribution in [0.25, 0.3) is 0 Å². The van der Waals surface area contributed by atoms with Crippen LogP contribution in [0.15, 0.2) is 36.4 Å². The minimum atomic E-state index is -0.831. The summed E-state index contributed by atoms with van der Waals surface area (Å²) >= 11 is 0. The van der Waals surface area contributed by atoms with Gasteiger partial charge in [0.25, 0.3) is 0 Å². The van der Waals surface area contributed by atoms with E-state index in [-0.39, 0.29) is 188 Å². The third-order valence-corrected chi connectivity index (χ3v) is 12.6. The van der Waals surface area contributed by atoms with Gasteiger partial charge < -0.3 is 34.3 Å². The van der Waals surface area contributed by atoms with Crippen molar-refractivity contribution in [3.63, 3.8) is 0 Å². The molecule has 3 aromatic carbocycles. The van der Waals surface area contributed by atoms with Crippen LogP contribution in [-0.2, 0) is 51.4 Å². The molecule has 0 N–H and O–H groups in total. The molecule has 7 nitrogen and oxygen atoms in total. The second kappa shape index (κ2) is 31.3. The van der Waals surface area contributed by atoms with E-state index in [2.05, 4.69) is 125 Å². The summed E-state index contributed by atoms with van der Waals surface area (Å²) in [5.41, 5.74) is 4.56. The topological polar surface area (TPSA) is 106 Å². The van der Waals surface area contributed by atoms with Gasteiger partial charge in [-0.1, -0.05) is 161 Å². The Morgan fingerprint density at radius 1 is 0.304 bits per heavy atom. The zero-order valence-corrected chi connectivity index (χ0v) is 57.6. The summed E-state index contributed by atoms with van der Waals surface area (Å²) in [7, 11) is 0. The Balaban J connectivity index is 0.00000163. The smallest absolute Gasteiger partial charge is 0.872 e. The summed E-state index contributed by atoms with van der Waals surface area (Å²) in [6.45, 7) is 45.8. The summed E-state index contributed by atoms with van der Waals surface area (Å²) in [5.74, 6) is -1.12. The molecule has 0 spiro atoms. The van der Waals surface area contributed by atoms with Crippen LogP contribution in [0.4, 0.5) is 0 Å². The van der Waals surface area contributed by atoms with Crippen LogP contribution in [0.3, 0.4) is 0 Å². The zero-order valence-electron chi connectivity index (χ0n) is 48.2. The van der Waals surface area contributed by atoms with Crippen LogP contribution in [0.5, 0.6) is 17.2 Å². The summed E-state index contributed by atoms with van der Waals surface area (Å²) in [4.78, 5) is 0. The molecule has 0 bridgehead atoms. The SMILES string of the molecule is C1CCOC1.C1CCOC1.C1CCOC1.C1CCOC1.CC(C)(C)c1cc(C(c2cc(C(C)(C)C)cc(C(C)(C)C)c2[O-])c2cc(C(C)(C)C)cc(C(C)(C)C)c2[O-])c([O-])c(C(C)(C)C)c1.[K+].[K+].[K+]. The fraction of sp³-hybridized carbons (Fsp3) is 0.695. The van der Waals surface area contributed by atoms with Crippen molar-refractivity contribution in [2.75, 3.05) is 52.9 Å². The van der Waals surface area contributed by atoms with Crippen molar-refractivity contribution in [3.8, 4) is 17.2 Å². The summed E-state index contributed by atoms with van der Waals surface area (Å²) in [6.07, 6.45) is 10.2. The quantitative estimate of drug-likeness (QED) is 0.288. The average molecular weight is 1030 g/mol. The van der Waals surface area contributed by atoms with Crippen LogP contribution in [0.1, 0.15) is 232 Å². The molecular formula is C59H93K3O7. The normalized spacial score (nSPS) is 16.2. The molecule has 0 radical (unpaired) electrons. The van der Waals surface area contributed by atoms with Crippen molar-refractivity contribution in [1.82, 2.24) is 0 Å². The molecular weight excluding hydrogens is 938 g/mol. The first-order chi connectivity index (χ1) is 30.4. The van der Waals surface area contributed by atoms with Gasteiger partial charge in [-0.3, -0.25) is 0 Å². The molecule has 4 fully saturated rings. The van der Waals surface area contributed by atoms with Crippen LogP contribution >= 0.6 is 0 Å². The van der Waals surface area contributed by atoms with Gasteiger partial charge in [0.15, 0.2) is 0 Å². The summed E-state index contributed by atoms with van der Waals surface area (Å²) in [5, 5.41) is 44.5. The van der Waals surface area contributed by atoms with E-state index < -0.39 is 22.2 Å². The molecule has 7 rings (SSSR count). The molecule has 4 aliphatic heterocycles. The fourth-order valence-corrected chi connectivity index (χ4v) is 8.11. The van der Waals surface area contributed by atoms with Gasteiger partial charge in [0.1, 0.15) is 0 Å². The first-order valence-corrected chi connectivity index (χ1v) is 25.3. The largest absolute Gasteiger partial charge is 1.00 e. The molecule has 3 aromatic rings. The average Bonchev–Trinajstić information content (AvgIpc) is 4.05. The third kappa shape index (κ3) is 23.1. The second-order valence-corrected chi connectivity index (χ2v) is 25.0. The van der Waals surface area contributed by atoms with Gasteiger partial charge in [0.05, 0.1) is 0 Å². The van der Waals surface area contributed by atoms with Crippen molar-refractivity contribution < 1.29 is 188 Å². The Kier molecular flexibility index (Phi) is 32.1. The first kappa shape index (κ1) is 70.8. The third-order valence-electron chi connectivity index (χ3n) is 12.6. The Labute approximate surface area is 550 Å². The maximum Gasteiger partial charge on any atom is 1.00 e. The van der Waals surface area contributed by atoms with Gasteiger partial charge in [-0.15, -0.1) is 17.2 Å². The van der Waals surface area contributed by atoms with Crippen LogP contribution in [0.2, 0.25) is 0 Å². The Morgan fingerprint density at radius 3 is 0.594 bits per heavy atom. The Hall–Kier alpha value is 1.81. The maximum absolute atomic E-state index is 14.8. The number of benzene rings is 3. The summed E-state index contributed by atoms with van der Waals surface area (Å²) < 4.78 is 19.8. The van der Waals surface area contributed by atoms with E-state index in [0.717, 1.165) is 69.5 Å². The minimum absolute atomic E-state index is 0. The first-order valence-electron chi connectivity index (χ1n) is 25.3. The zero-order chi connectivity index (χ0) is 49.9. The standard InChI is InChI=1S/C43H64O3.4C4H8O.3K/c1-38(2,3)25-19-28(35(44)31(22-25)41(10,11)12)34(29-20-26(39(4,5)6)23-32(36(29)45)42(13,14)15)30-21-27(40(7,8)9)24-33(37(30)46)43(16,17)18;4*1-2-4-5-3-1;;;/h19-24,34,44-46H,1-18H3;4*1-4H2;;;/q;;;;;3*+1/p-3. The van der Waals surface area contributed by atoms with Gasteiger partial charge in [0.2, 0.25) is 0 Å². The van der Waals surface area contributed by atoms with Gasteiger partial charge in [0, 0.05) is 58.8 Å². The van der Waals surface area contributed by atoms with E-state index in [1.54, 1.807) is 0 Å². The number of ether oxygens (including phenoxy) is 4. The van der Waals surface area contributed by atoms with E-state index in [1.807, 2.05) is 36.4 Å². The Bertz CT molecular complexity index is 1690. The molecule has 374 valence electrons. The van der Waals surface area contributed by atoms with Gasteiger partial charge >= 0.3 is 154 Å². The van der Waals surface area contributed by atoms with Crippen LogP contribution in [-0.4, -0.2) is 52.9 Å². The number of rotatable bonds is 3. The second-order valence-electron chi connectivity index (χ2n) is 25.0. The Morgan fingerprint density at radius 2 is 0.478 bits per heavy atom. The number of hydrogen-bond acceptors (Lipinski definition) is 7. The van der Waals surface area contributed by atoms with E-state index >= 15 is 0 Å². The van der Waals surface area contributed by atoms with Gasteiger partial charge in [-0.2, -0.15) is 0 Å². The predicted octanol–water partition coefficient (Wildman–Crippen LogP) is 4.07. The van der Waals surface area contributed by atoms with Crippen molar-refractivity contribution in [3.05, 3.63) is 86.5 Å². The molecule has 0 atom stereocenters. The van der Waals surface area contributed by atoms with Crippen molar-refractivity contribution in [2.24, 2.45) is 0 Å². The fourth-order valence-electron chi connectivity index (χ4n) is 8.11. The van der Waals surface area contributed by atoms with Crippen molar-refractivity contribution >= 4 is 0 Å². The van der Waals surface area contributed by atoms with E-state index in [0.29, 0.717) is 33.4 Å². The van der Waals surface area contributed by atoms with Gasteiger partial charge in [-0.05, 0) is 134 Å². The molecule has 69 heavy (non-hydrogen) atoms. The molecule has 0 unspecified atom stereocenters. The van der Waals surface area contributed by atoms with Gasteiger partial charge in [-0.25, -0.2) is 0 Å². The van der Waals surface area contributed by atoms with Crippen molar-refractivity contribution in [2.45, 2.75) is 214 Å². The van der Waals surface area contributed by atoms with E-state index in [1.165, 1.54) is 51.4 Å². The van der Waals surface area contributed by atoms with E-state index in [4.69, 9.17) is 18.9 Å². The van der Waals surface area contributed by atoms with E-state index in [9.17, 15) is 15.3 Å². The number of hydrogen-bond donors (Lipinski definition) is 0. The molecule has 0 aliphatic carbocycles. The van der Waals surface area contributed by atoms with Crippen LogP contribution in [0, 0.1) is 0 Å². The predicted molar refractivity (Wildman–Crippen MR) is 271 cm³/mol. The molecule has 10 heteroatoms. The molecule has 0 amide bonds. The molecule has 4 saturated heterocycles.